The van der Waals surface area contributed by atoms with E-state index in [4.69, 9.17) is 0 Å². The van der Waals surface area contributed by atoms with Gasteiger partial charge in [0, 0.05) is 12.1 Å². The lowest BCUT2D eigenvalue weighted by molar-refractivity contribution is -0.384. The van der Waals surface area contributed by atoms with Gasteiger partial charge < -0.3 is 4.74 Å². The molecule has 2 aromatic carbocycles. The number of nitro benzene ring substituents is 1. The summed E-state index contributed by atoms with van der Waals surface area (Å²) in [7, 11) is -2.84. The van der Waals surface area contributed by atoms with Crippen molar-refractivity contribution in [2.24, 2.45) is 0 Å². The van der Waals surface area contributed by atoms with Gasteiger partial charge in [-0.2, -0.15) is 4.72 Å². The Morgan fingerprint density at radius 1 is 1.15 bits per heavy atom. The number of carbonyl (C=O) groups excluding carboxylic acids is 1. The summed E-state index contributed by atoms with van der Waals surface area (Å²) in [5.74, 6) is -0.801. The minimum atomic E-state index is -3.99. The second kappa shape index (κ2) is 8.11. The first kappa shape index (κ1) is 20.3. The van der Waals surface area contributed by atoms with Crippen molar-refractivity contribution in [2.75, 3.05) is 7.11 Å². The normalized spacial score (nSPS) is 12.2. The Labute approximate surface area is 156 Å². The van der Waals surface area contributed by atoms with Crippen LogP contribution in [0.1, 0.15) is 17.2 Å². The molecule has 27 heavy (non-hydrogen) atoms. The number of carbonyl (C=O) groups is 1. The first-order chi connectivity index (χ1) is 12.7. The van der Waals surface area contributed by atoms with Gasteiger partial charge in [-0.05, 0) is 24.6 Å². The average molecular weight is 390 g/mol. The average Bonchev–Trinajstić information content (AvgIpc) is 2.65. The van der Waals surface area contributed by atoms with E-state index in [-0.39, 0.29) is 16.2 Å². The molecule has 8 nitrogen and oxygen atoms in total. The molecule has 0 spiro atoms. The van der Waals surface area contributed by atoms with Crippen LogP contribution in [0.4, 0.5) is 5.69 Å². The first-order valence-corrected chi connectivity index (χ1v) is 9.24. The molecule has 1 N–H and O–H groups in total. The van der Waals surface area contributed by atoms with Gasteiger partial charge in [0.1, 0.15) is 0 Å². The highest BCUT2D eigenvalue weighted by molar-refractivity contribution is 7.89. The zero-order valence-corrected chi connectivity index (χ0v) is 15.5. The molecule has 0 fully saturated rings. The van der Waals surface area contributed by atoms with Crippen molar-refractivity contribution in [1.29, 1.82) is 0 Å². The highest BCUT2D eigenvalue weighted by Crippen LogP contribution is 2.26. The molecule has 2 aromatic rings. The highest BCUT2D eigenvalue weighted by atomic mass is 32.2. The third kappa shape index (κ3) is 4.78. The molecule has 0 saturated heterocycles. The number of hydrogen-bond donors (Lipinski definition) is 1. The largest absolute Gasteiger partial charge is 0.466 e. The van der Waals surface area contributed by atoms with Gasteiger partial charge in [-0.1, -0.05) is 36.4 Å². The van der Waals surface area contributed by atoms with Gasteiger partial charge in [0.25, 0.3) is 5.69 Å². The number of rotatable bonds is 7. The third-order valence-electron chi connectivity index (χ3n) is 3.84. The third-order valence-corrected chi connectivity index (χ3v) is 5.28. The highest BCUT2D eigenvalue weighted by Gasteiger charge is 2.28. The van der Waals surface area contributed by atoms with Gasteiger partial charge in [-0.3, -0.25) is 10.1 Å². The van der Waals surface area contributed by atoms with Crippen LogP contribution in [0.25, 0.3) is 0 Å². The Morgan fingerprint density at radius 2 is 1.70 bits per heavy atom. The maximum Gasteiger partial charge on any atom is 0.335 e. The van der Waals surface area contributed by atoms with Gasteiger partial charge in [0.2, 0.25) is 10.0 Å². The molecule has 1 atom stereocenters. The van der Waals surface area contributed by atoms with Crippen molar-refractivity contribution in [3.8, 4) is 0 Å². The number of sulfonamides is 1. The molecule has 0 amide bonds. The van der Waals surface area contributed by atoms with Crippen LogP contribution in [-0.4, -0.2) is 26.4 Å². The monoisotopic (exact) mass is 390 g/mol. The summed E-state index contributed by atoms with van der Waals surface area (Å²) < 4.78 is 32.5. The number of nitrogens with one attached hydrogen (secondary N) is 1. The fraction of sp³-hybridized carbons (Fsp3) is 0.167. The van der Waals surface area contributed by atoms with Gasteiger partial charge in [0.05, 0.1) is 28.5 Å². The minimum absolute atomic E-state index is 0.0117. The Hall–Kier alpha value is -3.04. The zero-order valence-electron chi connectivity index (χ0n) is 14.7. The van der Waals surface area contributed by atoms with Gasteiger partial charge >= 0.3 is 5.97 Å². The summed E-state index contributed by atoms with van der Waals surface area (Å²) in [6.45, 7) is 5.44. The molecule has 2 rings (SSSR count). The van der Waals surface area contributed by atoms with Crippen LogP contribution in [0, 0.1) is 17.0 Å². The van der Waals surface area contributed by atoms with Gasteiger partial charge in [0.15, 0.2) is 0 Å². The van der Waals surface area contributed by atoms with Crippen LogP contribution in [0.15, 0.2) is 65.6 Å². The molecule has 0 radical (unpaired) electrons. The topological polar surface area (TPSA) is 116 Å². The van der Waals surface area contributed by atoms with Crippen molar-refractivity contribution in [2.45, 2.75) is 17.9 Å². The Bertz CT molecular complexity index is 966. The molecule has 0 aromatic heterocycles. The van der Waals surface area contributed by atoms with Crippen molar-refractivity contribution < 1.29 is 22.9 Å². The smallest absolute Gasteiger partial charge is 0.335 e. The molecule has 142 valence electrons. The number of esters is 1. The van der Waals surface area contributed by atoms with Crippen molar-refractivity contribution in [3.63, 3.8) is 0 Å². The summed E-state index contributed by atoms with van der Waals surface area (Å²) >= 11 is 0. The molecule has 0 heterocycles. The van der Waals surface area contributed by atoms with Crippen LogP contribution in [-0.2, 0) is 19.6 Å². The molecule has 1 unspecified atom stereocenters. The summed E-state index contributed by atoms with van der Waals surface area (Å²) in [6, 6.07) is 10.2. The van der Waals surface area contributed by atoms with E-state index in [1.54, 1.807) is 12.1 Å². The molecule has 0 aliphatic heterocycles. The van der Waals surface area contributed by atoms with Crippen LogP contribution >= 0.6 is 0 Å². The van der Waals surface area contributed by atoms with E-state index >= 15 is 0 Å². The quantitative estimate of drug-likeness (QED) is 0.336. The van der Waals surface area contributed by atoms with Crippen LogP contribution in [0.5, 0.6) is 0 Å². The standard InChI is InChI=1S/C18H18N2O6S/c1-12-4-10-16(11-5-12)27(24,25)19-17(13(2)18(21)26-3)14-6-8-15(9-7-14)20(22)23/h4-11,17,19H,2H2,1,3H3. The fourth-order valence-corrected chi connectivity index (χ4v) is 3.54. The number of non-ortho nitro benzene ring substituents is 1. The Balaban J connectivity index is 2.43. The molecule has 9 heteroatoms. The van der Waals surface area contributed by atoms with E-state index in [0.29, 0.717) is 5.56 Å². The number of methoxy groups -OCH3 is 1. The Kier molecular flexibility index (Phi) is 6.09. The predicted octanol–water partition coefficient (Wildman–Crippen LogP) is 2.65. The number of benzene rings is 2. The van der Waals surface area contributed by atoms with Crippen LogP contribution in [0.3, 0.4) is 0 Å². The van der Waals surface area contributed by atoms with E-state index in [9.17, 15) is 23.3 Å². The van der Waals surface area contributed by atoms with E-state index in [0.717, 1.165) is 12.7 Å². The number of nitro groups is 1. The molecule has 0 aliphatic carbocycles. The summed E-state index contributed by atoms with van der Waals surface area (Å²) in [5, 5.41) is 10.8. The summed E-state index contributed by atoms with van der Waals surface area (Å²) in [4.78, 5) is 22.2. The van der Waals surface area contributed by atoms with E-state index in [1.165, 1.54) is 36.4 Å². The molecule has 0 saturated carbocycles. The summed E-state index contributed by atoms with van der Waals surface area (Å²) in [6.07, 6.45) is 0. The molecular weight excluding hydrogens is 372 g/mol. The number of hydrogen-bond acceptors (Lipinski definition) is 6. The van der Waals surface area contributed by atoms with Crippen LogP contribution < -0.4 is 4.72 Å². The second-order valence-corrected chi connectivity index (χ2v) is 7.45. The number of nitrogens with zero attached hydrogens (tertiary/aromatic N) is 1. The zero-order chi connectivity index (χ0) is 20.2. The Morgan fingerprint density at radius 3 is 2.19 bits per heavy atom. The molecule has 0 bridgehead atoms. The molecule has 0 aliphatic rings. The second-order valence-electron chi connectivity index (χ2n) is 5.73. The predicted molar refractivity (Wildman–Crippen MR) is 98.5 cm³/mol. The van der Waals surface area contributed by atoms with Crippen molar-refractivity contribution in [1.82, 2.24) is 4.72 Å². The lowest BCUT2D eigenvalue weighted by Crippen LogP contribution is -2.32. The fourth-order valence-electron chi connectivity index (χ4n) is 2.32. The maximum atomic E-state index is 12.7. The minimum Gasteiger partial charge on any atom is -0.466 e. The summed E-state index contributed by atoms with van der Waals surface area (Å²) in [5.41, 5.74) is 0.885. The van der Waals surface area contributed by atoms with Gasteiger partial charge in [-0.25, -0.2) is 13.2 Å². The maximum absolute atomic E-state index is 12.7. The molecular formula is C18H18N2O6S. The lowest BCUT2D eigenvalue weighted by atomic mass is 10.0. The van der Waals surface area contributed by atoms with E-state index in [2.05, 4.69) is 16.0 Å². The number of aryl methyl sites for hydroxylation is 1. The van der Waals surface area contributed by atoms with Crippen molar-refractivity contribution >= 4 is 21.7 Å². The van der Waals surface area contributed by atoms with E-state index in [1.807, 2.05) is 6.92 Å². The first-order valence-electron chi connectivity index (χ1n) is 7.76. The van der Waals surface area contributed by atoms with Crippen molar-refractivity contribution in [3.05, 3.63) is 81.9 Å². The van der Waals surface area contributed by atoms with Gasteiger partial charge in [-0.15, -0.1) is 0 Å². The van der Waals surface area contributed by atoms with Crippen LogP contribution in [0.2, 0.25) is 0 Å². The SMILES string of the molecule is C=C(C(=O)OC)C(NS(=O)(=O)c1ccc(C)cc1)c1ccc([N+](=O)[O-])cc1. The van der Waals surface area contributed by atoms with E-state index < -0.39 is 27.0 Å². The lowest BCUT2D eigenvalue weighted by Gasteiger charge is -2.20. The number of ether oxygens (including phenoxy) is 1.